The van der Waals surface area contributed by atoms with Gasteiger partial charge in [0.25, 0.3) is 0 Å². The number of nitrogens with two attached hydrogens (primary N) is 1. The number of aryl methyl sites for hydroxylation is 1. The zero-order valence-electron chi connectivity index (χ0n) is 9.07. The van der Waals surface area contributed by atoms with Gasteiger partial charge in [-0.25, -0.2) is 9.97 Å². The Morgan fingerprint density at radius 3 is 2.94 bits per heavy atom. The average Bonchev–Trinajstić information content (AvgIpc) is 3.01. The highest BCUT2D eigenvalue weighted by Gasteiger charge is 2.26. The molecule has 5 heteroatoms. The van der Waals surface area contributed by atoms with Gasteiger partial charge in [0.05, 0.1) is 0 Å². The first-order valence-electron chi connectivity index (χ1n) is 5.39. The van der Waals surface area contributed by atoms with Crippen LogP contribution in [-0.4, -0.2) is 20.2 Å². The second-order valence-electron chi connectivity index (χ2n) is 4.24. The van der Waals surface area contributed by atoms with Crippen LogP contribution in [0.5, 0.6) is 0 Å². The third kappa shape index (κ3) is 1.54. The fraction of sp³-hybridized carbons (Fsp3) is 0.364. The quantitative estimate of drug-likeness (QED) is 0.797. The molecule has 1 aliphatic carbocycles. The topological polar surface area (TPSA) is 80.5 Å². The Hall–Kier alpha value is -1.91. The van der Waals surface area contributed by atoms with E-state index in [0.29, 0.717) is 17.6 Å². The SMILES string of the molecule is Cc1cnc(-c2cc(C3CC3)[nH]n2)nc1N. The molecule has 0 unspecified atom stereocenters. The van der Waals surface area contributed by atoms with E-state index in [4.69, 9.17) is 5.73 Å². The molecule has 16 heavy (non-hydrogen) atoms. The van der Waals surface area contributed by atoms with Crippen LogP contribution in [0.15, 0.2) is 12.3 Å². The normalized spacial score (nSPS) is 15.3. The van der Waals surface area contributed by atoms with Crippen molar-refractivity contribution >= 4 is 5.82 Å². The number of aromatic amines is 1. The standard InChI is InChI=1S/C11H13N5/c1-6-5-13-11(14-10(6)12)9-4-8(15-16-9)7-2-3-7/h4-5,7H,2-3H2,1H3,(H,15,16)(H2,12,13,14). The molecule has 3 rings (SSSR count). The number of nitrogen functional groups attached to an aromatic ring is 1. The Morgan fingerprint density at radius 2 is 2.25 bits per heavy atom. The zero-order valence-corrected chi connectivity index (χ0v) is 9.07. The maximum Gasteiger partial charge on any atom is 0.182 e. The molecule has 2 aromatic heterocycles. The Balaban J connectivity index is 1.97. The summed E-state index contributed by atoms with van der Waals surface area (Å²) in [5.41, 5.74) is 8.59. The maximum absolute atomic E-state index is 5.75. The van der Waals surface area contributed by atoms with Crippen molar-refractivity contribution in [3.8, 4) is 11.5 Å². The molecule has 5 nitrogen and oxygen atoms in total. The van der Waals surface area contributed by atoms with E-state index in [1.807, 2.05) is 13.0 Å². The van der Waals surface area contributed by atoms with Gasteiger partial charge in [-0.15, -0.1) is 0 Å². The van der Waals surface area contributed by atoms with Crippen LogP contribution in [0, 0.1) is 6.92 Å². The highest BCUT2D eigenvalue weighted by molar-refractivity contribution is 5.53. The lowest BCUT2D eigenvalue weighted by atomic mass is 10.2. The summed E-state index contributed by atoms with van der Waals surface area (Å²) in [6.45, 7) is 1.89. The number of aromatic nitrogens is 4. The van der Waals surface area contributed by atoms with Crippen LogP contribution in [0.2, 0.25) is 0 Å². The first-order chi connectivity index (χ1) is 7.74. The van der Waals surface area contributed by atoms with E-state index < -0.39 is 0 Å². The van der Waals surface area contributed by atoms with E-state index in [1.165, 1.54) is 18.5 Å². The lowest BCUT2D eigenvalue weighted by molar-refractivity contribution is 0.963. The van der Waals surface area contributed by atoms with Gasteiger partial charge < -0.3 is 5.73 Å². The summed E-state index contributed by atoms with van der Waals surface area (Å²) in [6, 6.07) is 2.02. The van der Waals surface area contributed by atoms with Crippen molar-refractivity contribution in [2.75, 3.05) is 5.73 Å². The van der Waals surface area contributed by atoms with E-state index in [0.717, 1.165) is 11.3 Å². The molecule has 0 aromatic carbocycles. The summed E-state index contributed by atoms with van der Waals surface area (Å²) in [5, 5.41) is 7.24. The minimum atomic E-state index is 0.515. The number of rotatable bonds is 2. The number of anilines is 1. The zero-order chi connectivity index (χ0) is 11.1. The maximum atomic E-state index is 5.75. The van der Waals surface area contributed by atoms with E-state index in [-0.39, 0.29) is 0 Å². The van der Waals surface area contributed by atoms with Gasteiger partial charge in [0.2, 0.25) is 0 Å². The van der Waals surface area contributed by atoms with Gasteiger partial charge in [0, 0.05) is 23.4 Å². The van der Waals surface area contributed by atoms with Gasteiger partial charge in [0.15, 0.2) is 5.82 Å². The molecule has 0 bridgehead atoms. The molecule has 0 saturated heterocycles. The van der Waals surface area contributed by atoms with Crippen molar-refractivity contribution in [1.29, 1.82) is 0 Å². The Morgan fingerprint density at radius 1 is 1.44 bits per heavy atom. The highest BCUT2D eigenvalue weighted by atomic mass is 15.1. The molecule has 0 aliphatic heterocycles. The summed E-state index contributed by atoms with van der Waals surface area (Å²) in [4.78, 5) is 8.45. The van der Waals surface area contributed by atoms with Crippen LogP contribution in [0.1, 0.15) is 30.0 Å². The number of H-pyrrole nitrogens is 1. The molecule has 1 fully saturated rings. The molecule has 2 aromatic rings. The van der Waals surface area contributed by atoms with Crippen LogP contribution in [0.4, 0.5) is 5.82 Å². The molecule has 0 spiro atoms. The first-order valence-corrected chi connectivity index (χ1v) is 5.39. The van der Waals surface area contributed by atoms with E-state index in [2.05, 4.69) is 20.2 Å². The number of hydrogen-bond acceptors (Lipinski definition) is 4. The van der Waals surface area contributed by atoms with E-state index in [9.17, 15) is 0 Å². The van der Waals surface area contributed by atoms with Gasteiger partial charge >= 0.3 is 0 Å². The van der Waals surface area contributed by atoms with Crippen LogP contribution < -0.4 is 5.73 Å². The van der Waals surface area contributed by atoms with Gasteiger partial charge in [0.1, 0.15) is 11.5 Å². The molecular weight excluding hydrogens is 202 g/mol. The highest BCUT2D eigenvalue weighted by Crippen LogP contribution is 2.39. The van der Waals surface area contributed by atoms with Crippen molar-refractivity contribution in [3.63, 3.8) is 0 Å². The molecule has 3 N–H and O–H groups in total. The minimum absolute atomic E-state index is 0.515. The molecule has 0 atom stereocenters. The van der Waals surface area contributed by atoms with Gasteiger partial charge in [-0.2, -0.15) is 5.10 Å². The number of hydrogen-bond donors (Lipinski definition) is 2. The average molecular weight is 215 g/mol. The minimum Gasteiger partial charge on any atom is -0.383 e. The van der Waals surface area contributed by atoms with Crippen LogP contribution in [-0.2, 0) is 0 Å². The fourth-order valence-electron chi connectivity index (χ4n) is 1.63. The summed E-state index contributed by atoms with van der Waals surface area (Å²) in [7, 11) is 0. The van der Waals surface area contributed by atoms with E-state index in [1.54, 1.807) is 6.20 Å². The molecular formula is C11H13N5. The van der Waals surface area contributed by atoms with Gasteiger partial charge in [-0.3, -0.25) is 5.10 Å². The molecule has 2 heterocycles. The summed E-state index contributed by atoms with van der Waals surface area (Å²) in [6.07, 6.45) is 4.22. The predicted octanol–water partition coefficient (Wildman–Crippen LogP) is 1.63. The van der Waals surface area contributed by atoms with E-state index >= 15 is 0 Å². The van der Waals surface area contributed by atoms with Crippen molar-refractivity contribution in [1.82, 2.24) is 20.2 Å². The van der Waals surface area contributed by atoms with Crippen LogP contribution >= 0.6 is 0 Å². The lowest BCUT2D eigenvalue weighted by Gasteiger charge is -1.99. The van der Waals surface area contributed by atoms with Crippen molar-refractivity contribution in [2.24, 2.45) is 0 Å². The fourth-order valence-corrected chi connectivity index (χ4v) is 1.63. The second kappa shape index (κ2) is 3.30. The summed E-state index contributed by atoms with van der Waals surface area (Å²) >= 11 is 0. The second-order valence-corrected chi connectivity index (χ2v) is 4.24. The Labute approximate surface area is 93.1 Å². The predicted molar refractivity (Wildman–Crippen MR) is 60.7 cm³/mol. The lowest BCUT2D eigenvalue weighted by Crippen LogP contribution is -1.98. The third-order valence-corrected chi connectivity index (χ3v) is 2.85. The molecule has 0 radical (unpaired) electrons. The van der Waals surface area contributed by atoms with Crippen molar-refractivity contribution in [3.05, 3.63) is 23.5 Å². The monoisotopic (exact) mass is 215 g/mol. The first kappa shape index (κ1) is 9.33. The summed E-state index contributed by atoms with van der Waals surface area (Å²) < 4.78 is 0. The van der Waals surface area contributed by atoms with Crippen molar-refractivity contribution in [2.45, 2.75) is 25.7 Å². The van der Waals surface area contributed by atoms with Crippen molar-refractivity contribution < 1.29 is 0 Å². The largest absolute Gasteiger partial charge is 0.383 e. The molecule has 0 amide bonds. The van der Waals surface area contributed by atoms with Gasteiger partial charge in [-0.1, -0.05) is 0 Å². The number of nitrogens with zero attached hydrogens (tertiary/aromatic N) is 3. The molecule has 1 saturated carbocycles. The Bertz CT molecular complexity index is 527. The molecule has 1 aliphatic rings. The number of nitrogens with one attached hydrogen (secondary N) is 1. The Kier molecular flexibility index (Phi) is 1.92. The van der Waals surface area contributed by atoms with Crippen LogP contribution in [0.25, 0.3) is 11.5 Å². The third-order valence-electron chi connectivity index (χ3n) is 2.85. The summed E-state index contributed by atoms with van der Waals surface area (Å²) in [5.74, 6) is 1.76. The van der Waals surface area contributed by atoms with Gasteiger partial charge in [-0.05, 0) is 25.8 Å². The smallest absolute Gasteiger partial charge is 0.182 e. The van der Waals surface area contributed by atoms with Crippen LogP contribution in [0.3, 0.4) is 0 Å². The molecule has 82 valence electrons.